The zero-order chi connectivity index (χ0) is 15.2. The summed E-state index contributed by atoms with van der Waals surface area (Å²) >= 11 is 9.24. The average Bonchev–Trinajstić information content (AvgIpc) is 2.46. The lowest BCUT2D eigenvalue weighted by Crippen LogP contribution is -2.39. The standard InChI is InChI=1S/C16H15BrClNO2/c17-13-7-12(8-14(18)9-13)16(21)19-15(10-20)6-11-4-2-1-3-5-11/h1-5,7-9,15,20H,6,10H2,(H,19,21)/t15-/m1/s1. The van der Waals surface area contributed by atoms with Crippen molar-refractivity contribution in [2.45, 2.75) is 12.5 Å². The number of carbonyl (C=O) groups is 1. The maximum Gasteiger partial charge on any atom is 0.251 e. The molecule has 0 saturated heterocycles. The molecule has 0 bridgehead atoms. The molecule has 5 heteroatoms. The van der Waals surface area contributed by atoms with E-state index in [2.05, 4.69) is 21.2 Å². The van der Waals surface area contributed by atoms with Crippen LogP contribution in [-0.4, -0.2) is 23.7 Å². The van der Waals surface area contributed by atoms with Crippen LogP contribution >= 0.6 is 27.5 Å². The molecular weight excluding hydrogens is 354 g/mol. The minimum absolute atomic E-state index is 0.123. The van der Waals surface area contributed by atoms with E-state index in [0.29, 0.717) is 17.0 Å². The third-order valence-electron chi connectivity index (χ3n) is 3.01. The normalized spacial score (nSPS) is 12.0. The van der Waals surface area contributed by atoms with Gasteiger partial charge in [0.15, 0.2) is 0 Å². The minimum Gasteiger partial charge on any atom is -0.394 e. The molecule has 21 heavy (non-hydrogen) atoms. The minimum atomic E-state index is -0.336. The highest BCUT2D eigenvalue weighted by molar-refractivity contribution is 9.10. The lowest BCUT2D eigenvalue weighted by Gasteiger charge is -2.16. The first-order chi connectivity index (χ1) is 10.1. The van der Waals surface area contributed by atoms with Gasteiger partial charge in [-0.25, -0.2) is 0 Å². The number of rotatable bonds is 5. The van der Waals surface area contributed by atoms with Gasteiger partial charge in [-0.3, -0.25) is 4.79 Å². The molecule has 0 radical (unpaired) electrons. The molecule has 0 aliphatic heterocycles. The summed E-state index contributed by atoms with van der Waals surface area (Å²) in [6.45, 7) is -0.123. The molecule has 2 N–H and O–H groups in total. The van der Waals surface area contributed by atoms with Gasteiger partial charge in [0.1, 0.15) is 0 Å². The summed E-state index contributed by atoms with van der Waals surface area (Å²) in [4.78, 5) is 12.2. The Morgan fingerprint density at radius 2 is 1.95 bits per heavy atom. The van der Waals surface area contributed by atoms with Crippen LogP contribution in [0.25, 0.3) is 0 Å². The first-order valence-electron chi connectivity index (χ1n) is 6.50. The van der Waals surface area contributed by atoms with Crippen LogP contribution in [0.3, 0.4) is 0 Å². The van der Waals surface area contributed by atoms with Gasteiger partial charge in [-0.2, -0.15) is 0 Å². The fourth-order valence-corrected chi connectivity index (χ4v) is 2.87. The molecule has 0 aromatic heterocycles. The van der Waals surface area contributed by atoms with Gasteiger partial charge in [0.25, 0.3) is 5.91 Å². The predicted molar refractivity (Wildman–Crippen MR) is 87.6 cm³/mol. The van der Waals surface area contributed by atoms with Crippen LogP contribution in [0.1, 0.15) is 15.9 Å². The van der Waals surface area contributed by atoms with Crippen molar-refractivity contribution >= 4 is 33.4 Å². The quantitative estimate of drug-likeness (QED) is 0.849. The number of aliphatic hydroxyl groups excluding tert-OH is 1. The van der Waals surface area contributed by atoms with E-state index in [4.69, 9.17) is 11.6 Å². The van der Waals surface area contributed by atoms with Crippen molar-refractivity contribution in [3.05, 3.63) is 69.2 Å². The van der Waals surface area contributed by atoms with E-state index >= 15 is 0 Å². The van der Waals surface area contributed by atoms with Crippen LogP contribution in [0.15, 0.2) is 53.0 Å². The predicted octanol–water partition coefficient (Wildman–Crippen LogP) is 3.44. The second-order valence-electron chi connectivity index (χ2n) is 4.70. The number of carbonyl (C=O) groups excluding carboxylic acids is 1. The Morgan fingerprint density at radius 1 is 1.24 bits per heavy atom. The summed E-state index contributed by atoms with van der Waals surface area (Å²) in [6, 6.07) is 14.4. The molecular formula is C16H15BrClNO2. The zero-order valence-electron chi connectivity index (χ0n) is 11.2. The lowest BCUT2D eigenvalue weighted by molar-refractivity contribution is 0.0916. The van der Waals surface area contributed by atoms with Crippen molar-refractivity contribution in [2.75, 3.05) is 6.61 Å². The van der Waals surface area contributed by atoms with Crippen molar-refractivity contribution in [1.82, 2.24) is 5.32 Å². The molecule has 0 fully saturated rings. The van der Waals surface area contributed by atoms with E-state index in [9.17, 15) is 9.90 Å². The number of benzene rings is 2. The van der Waals surface area contributed by atoms with Crippen LogP contribution in [-0.2, 0) is 6.42 Å². The van der Waals surface area contributed by atoms with Crippen LogP contribution in [0.5, 0.6) is 0 Å². The van der Waals surface area contributed by atoms with Crippen molar-refractivity contribution in [3.8, 4) is 0 Å². The molecule has 2 aromatic rings. The molecule has 1 amide bonds. The average molecular weight is 369 g/mol. The van der Waals surface area contributed by atoms with E-state index in [1.54, 1.807) is 18.2 Å². The molecule has 2 rings (SSSR count). The molecule has 110 valence electrons. The van der Waals surface area contributed by atoms with Gasteiger partial charge in [0.05, 0.1) is 12.6 Å². The van der Waals surface area contributed by atoms with Crippen molar-refractivity contribution < 1.29 is 9.90 Å². The molecule has 0 spiro atoms. The fraction of sp³-hybridized carbons (Fsp3) is 0.188. The number of halogens is 2. The third-order valence-corrected chi connectivity index (χ3v) is 3.68. The first-order valence-corrected chi connectivity index (χ1v) is 7.67. The molecule has 0 saturated carbocycles. The summed E-state index contributed by atoms with van der Waals surface area (Å²) in [6.07, 6.45) is 0.574. The van der Waals surface area contributed by atoms with E-state index in [0.717, 1.165) is 10.0 Å². The lowest BCUT2D eigenvalue weighted by atomic mass is 10.1. The van der Waals surface area contributed by atoms with Gasteiger partial charge < -0.3 is 10.4 Å². The molecule has 0 aliphatic rings. The second kappa shape index (κ2) is 7.59. The maximum absolute atomic E-state index is 12.2. The summed E-state index contributed by atoms with van der Waals surface area (Å²) in [7, 11) is 0. The first kappa shape index (κ1) is 16.0. The van der Waals surface area contributed by atoms with Gasteiger partial charge in [-0.1, -0.05) is 57.9 Å². The number of hydrogen-bond acceptors (Lipinski definition) is 2. The largest absolute Gasteiger partial charge is 0.394 e. The molecule has 2 aromatic carbocycles. The monoisotopic (exact) mass is 367 g/mol. The Kier molecular flexibility index (Phi) is 5.79. The topological polar surface area (TPSA) is 49.3 Å². The Morgan fingerprint density at radius 3 is 2.57 bits per heavy atom. The van der Waals surface area contributed by atoms with E-state index in [-0.39, 0.29) is 18.6 Å². The molecule has 1 atom stereocenters. The maximum atomic E-state index is 12.2. The van der Waals surface area contributed by atoms with E-state index in [1.807, 2.05) is 30.3 Å². The van der Waals surface area contributed by atoms with Gasteiger partial charge in [0, 0.05) is 15.1 Å². The number of hydrogen-bond donors (Lipinski definition) is 2. The molecule has 0 heterocycles. The van der Waals surface area contributed by atoms with Gasteiger partial charge in [-0.05, 0) is 30.2 Å². The number of amides is 1. The fourth-order valence-electron chi connectivity index (χ4n) is 2.01. The molecule has 0 aliphatic carbocycles. The SMILES string of the molecule is O=C(N[C@@H](CO)Cc1ccccc1)c1cc(Cl)cc(Br)c1. The van der Waals surface area contributed by atoms with Crippen molar-refractivity contribution in [1.29, 1.82) is 0 Å². The Labute approximate surface area is 137 Å². The Hall–Kier alpha value is -1.36. The number of aliphatic hydroxyl groups is 1. The van der Waals surface area contributed by atoms with Gasteiger partial charge in [0.2, 0.25) is 0 Å². The van der Waals surface area contributed by atoms with Crippen molar-refractivity contribution in [3.63, 3.8) is 0 Å². The number of nitrogens with one attached hydrogen (secondary N) is 1. The van der Waals surface area contributed by atoms with Crippen LogP contribution < -0.4 is 5.32 Å². The second-order valence-corrected chi connectivity index (χ2v) is 6.05. The summed E-state index contributed by atoms with van der Waals surface area (Å²) in [5.74, 6) is -0.256. The van der Waals surface area contributed by atoms with Crippen LogP contribution in [0, 0.1) is 0 Å². The van der Waals surface area contributed by atoms with E-state index < -0.39 is 0 Å². The highest BCUT2D eigenvalue weighted by Crippen LogP contribution is 2.19. The zero-order valence-corrected chi connectivity index (χ0v) is 13.6. The van der Waals surface area contributed by atoms with Crippen LogP contribution in [0.4, 0.5) is 0 Å². The van der Waals surface area contributed by atoms with Gasteiger partial charge >= 0.3 is 0 Å². The summed E-state index contributed by atoms with van der Waals surface area (Å²) in [5, 5.41) is 12.7. The highest BCUT2D eigenvalue weighted by Gasteiger charge is 2.14. The summed E-state index contributed by atoms with van der Waals surface area (Å²) in [5.41, 5.74) is 1.52. The van der Waals surface area contributed by atoms with E-state index in [1.165, 1.54) is 0 Å². The third kappa shape index (κ3) is 4.84. The van der Waals surface area contributed by atoms with Crippen molar-refractivity contribution in [2.24, 2.45) is 0 Å². The molecule has 3 nitrogen and oxygen atoms in total. The Balaban J connectivity index is 2.05. The van der Waals surface area contributed by atoms with Crippen LogP contribution in [0.2, 0.25) is 5.02 Å². The summed E-state index contributed by atoms with van der Waals surface area (Å²) < 4.78 is 0.740. The van der Waals surface area contributed by atoms with Gasteiger partial charge in [-0.15, -0.1) is 0 Å². The smallest absolute Gasteiger partial charge is 0.251 e. The molecule has 0 unspecified atom stereocenters. The highest BCUT2D eigenvalue weighted by atomic mass is 79.9. The Bertz CT molecular complexity index is 599.